The van der Waals surface area contributed by atoms with Gasteiger partial charge in [0.15, 0.2) is 0 Å². The summed E-state index contributed by atoms with van der Waals surface area (Å²) in [5, 5.41) is 8.87. The number of aromatic nitrogens is 3. The molecule has 2 aromatic heterocycles. The number of fused-ring (bicyclic) bond motifs is 3. The van der Waals surface area contributed by atoms with Crippen molar-refractivity contribution in [1.82, 2.24) is 19.7 Å². The van der Waals surface area contributed by atoms with Crippen LogP contribution < -0.4 is 15.8 Å². The number of hydrogen-bond acceptors (Lipinski definition) is 4. The summed E-state index contributed by atoms with van der Waals surface area (Å²) in [6, 6.07) is 16.2. The molecule has 7 nitrogen and oxygen atoms in total. The summed E-state index contributed by atoms with van der Waals surface area (Å²) in [6.07, 6.45) is 2.53. The highest BCUT2D eigenvalue weighted by molar-refractivity contribution is 6.07. The Morgan fingerprint density at radius 3 is 2.72 bits per heavy atom. The summed E-state index contributed by atoms with van der Waals surface area (Å²) in [6.45, 7) is 6.68. The number of benzene rings is 2. The van der Waals surface area contributed by atoms with E-state index < -0.39 is 0 Å². The molecule has 4 rings (SSSR count). The second-order valence-electron chi connectivity index (χ2n) is 8.06. The van der Waals surface area contributed by atoms with E-state index in [2.05, 4.69) is 53.4 Å². The molecule has 0 fully saturated rings. The number of aryl methyl sites for hydroxylation is 2. The summed E-state index contributed by atoms with van der Waals surface area (Å²) < 4.78 is 3.11. The summed E-state index contributed by atoms with van der Waals surface area (Å²) >= 11 is 0. The van der Waals surface area contributed by atoms with Gasteiger partial charge in [-0.05, 0) is 44.0 Å². The van der Waals surface area contributed by atoms with Crippen LogP contribution >= 0.6 is 0 Å². The van der Waals surface area contributed by atoms with Crippen LogP contribution in [0.1, 0.15) is 18.9 Å². The van der Waals surface area contributed by atoms with Crippen LogP contribution in [-0.2, 0) is 18.4 Å². The van der Waals surface area contributed by atoms with Crippen LogP contribution in [0.25, 0.3) is 21.8 Å². The van der Waals surface area contributed by atoms with E-state index in [0.717, 1.165) is 35.8 Å². The zero-order valence-corrected chi connectivity index (χ0v) is 18.8. The van der Waals surface area contributed by atoms with Gasteiger partial charge in [-0.15, -0.1) is 0 Å². The third-order valence-electron chi connectivity index (χ3n) is 5.84. The highest BCUT2D eigenvalue weighted by atomic mass is 16.2. The number of amides is 1. The second-order valence-corrected chi connectivity index (χ2v) is 8.06. The first-order valence-corrected chi connectivity index (χ1v) is 11.0. The molecule has 0 radical (unpaired) electrons. The second kappa shape index (κ2) is 9.26. The maximum Gasteiger partial charge on any atom is 0.291 e. The fraction of sp³-hybridized carbons (Fsp3) is 0.320. The summed E-state index contributed by atoms with van der Waals surface area (Å²) in [5.74, 6) is -0.106. The number of para-hydroxylation sites is 1. The van der Waals surface area contributed by atoms with Crippen LogP contribution in [0.15, 0.2) is 59.5 Å². The highest BCUT2D eigenvalue weighted by Gasteiger charge is 2.16. The van der Waals surface area contributed by atoms with E-state index in [1.54, 1.807) is 17.8 Å². The molecule has 0 saturated carbocycles. The van der Waals surface area contributed by atoms with Crippen LogP contribution in [0, 0.1) is 6.92 Å². The number of anilines is 1. The van der Waals surface area contributed by atoms with E-state index in [-0.39, 0.29) is 18.0 Å². The van der Waals surface area contributed by atoms with Crippen molar-refractivity contribution in [2.24, 2.45) is 7.05 Å². The van der Waals surface area contributed by atoms with Crippen molar-refractivity contribution in [2.45, 2.75) is 26.8 Å². The van der Waals surface area contributed by atoms with Gasteiger partial charge in [0, 0.05) is 48.7 Å². The molecule has 0 aliphatic carbocycles. The number of nitrogens with zero attached hydrogens (tertiary/aromatic N) is 4. The van der Waals surface area contributed by atoms with E-state index >= 15 is 0 Å². The molecule has 0 unspecified atom stereocenters. The molecular weight excluding hydrogens is 402 g/mol. The molecule has 0 aliphatic heterocycles. The van der Waals surface area contributed by atoms with E-state index in [1.807, 2.05) is 24.3 Å². The van der Waals surface area contributed by atoms with Gasteiger partial charge in [-0.1, -0.05) is 30.3 Å². The van der Waals surface area contributed by atoms with Crippen molar-refractivity contribution >= 4 is 33.4 Å². The Bertz CT molecular complexity index is 1320. The summed E-state index contributed by atoms with van der Waals surface area (Å²) in [7, 11) is 1.62. The zero-order valence-electron chi connectivity index (χ0n) is 18.8. The maximum atomic E-state index is 12.8. The van der Waals surface area contributed by atoms with E-state index in [9.17, 15) is 9.59 Å². The molecule has 0 spiro atoms. The zero-order chi connectivity index (χ0) is 22.7. The molecule has 0 aliphatic rings. The molecule has 1 N–H and O–H groups in total. The molecule has 4 aromatic rings. The van der Waals surface area contributed by atoms with Gasteiger partial charge in [-0.3, -0.25) is 9.59 Å². The van der Waals surface area contributed by atoms with Gasteiger partial charge in [-0.2, -0.15) is 5.10 Å². The molecule has 2 heterocycles. The number of carbonyl (C=O) groups excluding carboxylic acids is 1. The molecule has 1 amide bonds. The quantitative estimate of drug-likeness (QED) is 0.435. The molecular formula is C25H29N5O2. The van der Waals surface area contributed by atoms with Gasteiger partial charge in [0.2, 0.25) is 5.91 Å². The SMILES string of the molecule is CCN(CCCNC(=O)Cn1c2ccccc2c2cnn(C)c(=O)c21)c1cccc(C)c1. The fourth-order valence-corrected chi connectivity index (χ4v) is 4.20. The topological polar surface area (TPSA) is 72.2 Å². The van der Waals surface area contributed by atoms with Crippen LogP contribution in [-0.4, -0.2) is 39.9 Å². The molecule has 0 saturated heterocycles. The minimum absolute atomic E-state index is 0.0959. The van der Waals surface area contributed by atoms with Crippen molar-refractivity contribution in [3.05, 3.63) is 70.6 Å². The van der Waals surface area contributed by atoms with Gasteiger partial charge >= 0.3 is 0 Å². The largest absolute Gasteiger partial charge is 0.372 e. The first kappa shape index (κ1) is 21.6. The van der Waals surface area contributed by atoms with Crippen molar-refractivity contribution in [3.63, 3.8) is 0 Å². The van der Waals surface area contributed by atoms with Gasteiger partial charge in [0.25, 0.3) is 5.56 Å². The molecule has 0 bridgehead atoms. The van der Waals surface area contributed by atoms with Crippen molar-refractivity contribution in [3.8, 4) is 0 Å². The Morgan fingerprint density at radius 1 is 1.12 bits per heavy atom. The number of nitrogens with one attached hydrogen (secondary N) is 1. The van der Waals surface area contributed by atoms with Gasteiger partial charge in [0.05, 0.1) is 6.20 Å². The molecule has 7 heteroatoms. The average Bonchev–Trinajstić information content (AvgIpc) is 3.10. The maximum absolute atomic E-state index is 12.8. The van der Waals surface area contributed by atoms with Gasteiger partial charge in [0.1, 0.15) is 12.1 Å². The Labute approximate surface area is 187 Å². The minimum atomic E-state index is -0.205. The van der Waals surface area contributed by atoms with Gasteiger partial charge in [-0.25, -0.2) is 4.68 Å². The first-order chi connectivity index (χ1) is 15.5. The fourth-order valence-electron chi connectivity index (χ4n) is 4.20. The lowest BCUT2D eigenvalue weighted by Crippen LogP contribution is -2.32. The monoisotopic (exact) mass is 431 g/mol. The molecule has 2 aromatic carbocycles. The van der Waals surface area contributed by atoms with Crippen LogP contribution in [0.2, 0.25) is 0 Å². The lowest BCUT2D eigenvalue weighted by molar-refractivity contribution is -0.121. The number of hydrogen-bond donors (Lipinski definition) is 1. The normalized spacial score (nSPS) is 11.2. The Hall–Kier alpha value is -3.61. The Morgan fingerprint density at radius 2 is 1.94 bits per heavy atom. The number of rotatable bonds is 8. The van der Waals surface area contributed by atoms with Crippen molar-refractivity contribution < 1.29 is 4.79 Å². The third kappa shape index (κ3) is 4.23. The first-order valence-electron chi connectivity index (χ1n) is 11.0. The van der Waals surface area contributed by atoms with Crippen LogP contribution in [0.3, 0.4) is 0 Å². The predicted octanol–water partition coefficient (Wildman–Crippen LogP) is 3.23. The summed E-state index contributed by atoms with van der Waals surface area (Å²) in [5.41, 5.74) is 3.60. The van der Waals surface area contributed by atoms with Crippen LogP contribution in [0.5, 0.6) is 0 Å². The summed E-state index contributed by atoms with van der Waals surface area (Å²) in [4.78, 5) is 27.8. The Kier molecular flexibility index (Phi) is 6.25. The smallest absolute Gasteiger partial charge is 0.291 e. The minimum Gasteiger partial charge on any atom is -0.372 e. The molecule has 166 valence electrons. The lowest BCUT2D eigenvalue weighted by Gasteiger charge is -2.23. The molecule has 0 atom stereocenters. The lowest BCUT2D eigenvalue weighted by atomic mass is 10.2. The predicted molar refractivity (Wildman–Crippen MR) is 129 cm³/mol. The third-order valence-corrected chi connectivity index (χ3v) is 5.84. The standard InChI is InChI=1S/C25H29N5O2/c1-4-29(19-10-7-9-18(2)15-19)14-8-13-26-23(31)17-30-22-12-6-5-11-20(22)21-16-27-28(3)25(32)24(21)30/h5-7,9-12,15-16H,4,8,13-14,17H2,1-3H3,(H,26,31). The molecule has 32 heavy (non-hydrogen) atoms. The average molecular weight is 432 g/mol. The Balaban J connectivity index is 1.44. The van der Waals surface area contributed by atoms with Crippen molar-refractivity contribution in [1.29, 1.82) is 0 Å². The number of carbonyl (C=O) groups is 1. The van der Waals surface area contributed by atoms with E-state index in [1.165, 1.54) is 15.9 Å². The van der Waals surface area contributed by atoms with Gasteiger partial charge < -0.3 is 14.8 Å². The van der Waals surface area contributed by atoms with Crippen molar-refractivity contribution in [2.75, 3.05) is 24.5 Å². The van der Waals surface area contributed by atoms with E-state index in [0.29, 0.717) is 12.1 Å². The van der Waals surface area contributed by atoms with E-state index in [4.69, 9.17) is 0 Å². The highest BCUT2D eigenvalue weighted by Crippen LogP contribution is 2.26. The van der Waals surface area contributed by atoms with Crippen LogP contribution in [0.4, 0.5) is 5.69 Å².